The third kappa shape index (κ3) is 8.54. The number of hydrazone groups is 1. The number of nitrogens with zero attached hydrogens (tertiary/aromatic N) is 1. The summed E-state index contributed by atoms with van der Waals surface area (Å²) in [6.07, 6.45) is 1.58. The van der Waals surface area contributed by atoms with Crippen LogP contribution in [-0.2, 0) is 4.79 Å². The van der Waals surface area contributed by atoms with Crippen molar-refractivity contribution in [2.24, 2.45) is 5.10 Å². The van der Waals surface area contributed by atoms with Gasteiger partial charge in [0.25, 0.3) is 5.91 Å². The molecule has 8 nitrogen and oxygen atoms in total. The van der Waals surface area contributed by atoms with Gasteiger partial charge in [0.15, 0.2) is 17.6 Å². The number of ether oxygens (including phenoxy) is 4. The minimum atomic E-state index is -0.772. The molecular formula is C28H29ClN2O6. The van der Waals surface area contributed by atoms with Crippen LogP contribution in [0, 0.1) is 0 Å². The van der Waals surface area contributed by atoms with E-state index in [1.807, 2.05) is 13.8 Å². The summed E-state index contributed by atoms with van der Waals surface area (Å²) in [5.74, 6) is 0.899. The molecule has 0 aliphatic rings. The molecule has 37 heavy (non-hydrogen) atoms. The second-order valence-corrected chi connectivity index (χ2v) is 8.29. The molecule has 3 aromatic rings. The summed E-state index contributed by atoms with van der Waals surface area (Å²) >= 11 is 5.86. The SMILES string of the molecule is CCCOc1ccc(C(=O)Oc2ccc(/C=N/NC(=O)C(C)Oc3ccc(Cl)cc3)cc2OCC)cc1. The van der Waals surface area contributed by atoms with E-state index in [2.05, 4.69) is 10.5 Å². The largest absolute Gasteiger partial charge is 0.494 e. The lowest BCUT2D eigenvalue weighted by Crippen LogP contribution is -2.33. The molecule has 1 N–H and O–H groups in total. The van der Waals surface area contributed by atoms with Crippen molar-refractivity contribution in [2.45, 2.75) is 33.3 Å². The molecule has 0 fully saturated rings. The molecule has 3 aromatic carbocycles. The first-order chi connectivity index (χ1) is 17.9. The minimum Gasteiger partial charge on any atom is -0.494 e. The molecule has 0 aromatic heterocycles. The van der Waals surface area contributed by atoms with Gasteiger partial charge in [0.2, 0.25) is 0 Å². The predicted molar refractivity (Wildman–Crippen MR) is 142 cm³/mol. The van der Waals surface area contributed by atoms with Gasteiger partial charge < -0.3 is 18.9 Å². The van der Waals surface area contributed by atoms with Gasteiger partial charge in [0.05, 0.1) is 25.0 Å². The smallest absolute Gasteiger partial charge is 0.343 e. The van der Waals surface area contributed by atoms with Crippen LogP contribution in [0.5, 0.6) is 23.0 Å². The number of benzene rings is 3. The van der Waals surface area contributed by atoms with Gasteiger partial charge in [0, 0.05) is 5.02 Å². The van der Waals surface area contributed by atoms with Crippen molar-refractivity contribution >= 4 is 29.7 Å². The lowest BCUT2D eigenvalue weighted by atomic mass is 10.2. The van der Waals surface area contributed by atoms with Gasteiger partial charge >= 0.3 is 5.97 Å². The molecule has 0 radical (unpaired) electrons. The average molecular weight is 525 g/mol. The van der Waals surface area contributed by atoms with Gasteiger partial charge in [-0.25, -0.2) is 10.2 Å². The van der Waals surface area contributed by atoms with Crippen LogP contribution in [0.2, 0.25) is 5.02 Å². The quantitative estimate of drug-likeness (QED) is 0.142. The monoisotopic (exact) mass is 524 g/mol. The van der Waals surface area contributed by atoms with Gasteiger partial charge in [-0.15, -0.1) is 0 Å². The fourth-order valence-corrected chi connectivity index (χ4v) is 3.18. The van der Waals surface area contributed by atoms with E-state index in [9.17, 15) is 9.59 Å². The van der Waals surface area contributed by atoms with Crippen LogP contribution in [0.15, 0.2) is 71.8 Å². The number of esters is 1. The van der Waals surface area contributed by atoms with Crippen LogP contribution >= 0.6 is 11.6 Å². The summed E-state index contributed by atoms with van der Waals surface area (Å²) in [5, 5.41) is 4.56. The van der Waals surface area contributed by atoms with E-state index in [1.54, 1.807) is 73.7 Å². The molecular weight excluding hydrogens is 496 g/mol. The zero-order chi connectivity index (χ0) is 26.6. The Hall–Kier alpha value is -4.04. The van der Waals surface area contributed by atoms with E-state index < -0.39 is 18.0 Å². The molecule has 9 heteroatoms. The maximum absolute atomic E-state index is 12.6. The summed E-state index contributed by atoms with van der Waals surface area (Å²) in [6, 6.07) is 18.4. The Balaban J connectivity index is 1.60. The number of nitrogens with one attached hydrogen (secondary N) is 1. The highest BCUT2D eigenvalue weighted by molar-refractivity contribution is 6.30. The van der Waals surface area contributed by atoms with Gasteiger partial charge in [-0.2, -0.15) is 5.10 Å². The molecule has 0 heterocycles. The summed E-state index contributed by atoms with van der Waals surface area (Å²) < 4.78 is 22.3. The van der Waals surface area contributed by atoms with Gasteiger partial charge in [-0.3, -0.25) is 4.79 Å². The number of rotatable bonds is 12. The Bertz CT molecular complexity index is 1210. The van der Waals surface area contributed by atoms with Crippen LogP contribution in [0.25, 0.3) is 0 Å². The molecule has 3 rings (SSSR count). The summed E-state index contributed by atoms with van der Waals surface area (Å²) in [5.41, 5.74) is 3.46. The number of carbonyl (C=O) groups is 2. The number of amides is 1. The van der Waals surface area contributed by atoms with Crippen molar-refractivity contribution in [3.63, 3.8) is 0 Å². The minimum absolute atomic E-state index is 0.268. The van der Waals surface area contributed by atoms with Crippen molar-refractivity contribution in [3.8, 4) is 23.0 Å². The average Bonchev–Trinajstić information content (AvgIpc) is 2.90. The second-order valence-electron chi connectivity index (χ2n) is 7.85. The topological polar surface area (TPSA) is 95.5 Å². The zero-order valence-corrected chi connectivity index (χ0v) is 21.7. The van der Waals surface area contributed by atoms with Crippen molar-refractivity contribution in [3.05, 3.63) is 82.9 Å². The first kappa shape index (κ1) is 27.5. The highest BCUT2D eigenvalue weighted by atomic mass is 35.5. The van der Waals surface area contributed by atoms with Crippen molar-refractivity contribution in [2.75, 3.05) is 13.2 Å². The van der Waals surface area contributed by atoms with E-state index in [0.717, 1.165) is 6.42 Å². The number of hydrogen-bond donors (Lipinski definition) is 1. The maximum Gasteiger partial charge on any atom is 0.343 e. The summed E-state index contributed by atoms with van der Waals surface area (Å²) in [4.78, 5) is 24.9. The second kappa shape index (κ2) is 13.9. The maximum atomic E-state index is 12.6. The Morgan fingerprint density at radius 1 is 0.946 bits per heavy atom. The van der Waals surface area contributed by atoms with Crippen LogP contribution < -0.4 is 24.4 Å². The van der Waals surface area contributed by atoms with E-state index in [1.165, 1.54) is 6.21 Å². The first-order valence-electron chi connectivity index (χ1n) is 11.9. The highest BCUT2D eigenvalue weighted by Crippen LogP contribution is 2.29. The van der Waals surface area contributed by atoms with Gasteiger partial charge in [0.1, 0.15) is 11.5 Å². The molecule has 1 amide bonds. The lowest BCUT2D eigenvalue weighted by molar-refractivity contribution is -0.127. The molecule has 0 spiro atoms. The van der Waals surface area contributed by atoms with Crippen LogP contribution in [0.4, 0.5) is 0 Å². The number of hydrogen-bond acceptors (Lipinski definition) is 7. The van der Waals surface area contributed by atoms with Crippen LogP contribution in [-0.4, -0.2) is 37.4 Å². The van der Waals surface area contributed by atoms with E-state index in [-0.39, 0.29) is 5.75 Å². The molecule has 0 saturated carbocycles. The fraction of sp³-hybridized carbons (Fsp3) is 0.250. The summed E-state index contributed by atoms with van der Waals surface area (Å²) in [7, 11) is 0. The molecule has 0 bridgehead atoms. The van der Waals surface area contributed by atoms with Gasteiger partial charge in [-0.1, -0.05) is 18.5 Å². The van der Waals surface area contributed by atoms with Crippen molar-refractivity contribution in [1.82, 2.24) is 5.43 Å². The molecule has 1 atom stereocenters. The van der Waals surface area contributed by atoms with Gasteiger partial charge in [-0.05, 0) is 92.6 Å². The standard InChI is InChI=1S/C28H29ClN2O6/c1-4-16-35-23-11-7-21(8-12-23)28(33)37-25-15-6-20(17-26(25)34-5-2)18-30-31-27(32)19(3)36-24-13-9-22(29)10-14-24/h6-15,17-19H,4-5,16H2,1-3H3,(H,31,32)/b30-18+. The molecule has 0 aliphatic heterocycles. The Labute approximate surface area is 221 Å². The lowest BCUT2D eigenvalue weighted by Gasteiger charge is -2.13. The molecule has 0 saturated heterocycles. The predicted octanol–water partition coefficient (Wildman–Crippen LogP) is 5.66. The van der Waals surface area contributed by atoms with Crippen molar-refractivity contribution < 1.29 is 28.5 Å². The molecule has 0 aliphatic carbocycles. The number of halogens is 1. The molecule has 1 unspecified atom stereocenters. The van der Waals surface area contributed by atoms with Crippen molar-refractivity contribution in [1.29, 1.82) is 0 Å². The van der Waals surface area contributed by atoms with E-state index in [4.69, 9.17) is 30.5 Å². The normalized spacial score (nSPS) is 11.6. The molecule has 194 valence electrons. The first-order valence-corrected chi connectivity index (χ1v) is 12.2. The Morgan fingerprint density at radius 3 is 2.32 bits per heavy atom. The number of carbonyl (C=O) groups excluding carboxylic acids is 2. The fourth-order valence-electron chi connectivity index (χ4n) is 3.06. The third-order valence-electron chi connectivity index (χ3n) is 4.92. The third-order valence-corrected chi connectivity index (χ3v) is 5.17. The van der Waals surface area contributed by atoms with Crippen LogP contribution in [0.3, 0.4) is 0 Å². The Kier molecular flexibility index (Phi) is 10.3. The Morgan fingerprint density at radius 2 is 1.65 bits per heavy atom. The van der Waals surface area contributed by atoms with E-state index >= 15 is 0 Å². The highest BCUT2D eigenvalue weighted by Gasteiger charge is 2.15. The van der Waals surface area contributed by atoms with E-state index in [0.29, 0.717) is 46.6 Å². The van der Waals surface area contributed by atoms with Crippen LogP contribution in [0.1, 0.15) is 43.1 Å². The summed E-state index contributed by atoms with van der Waals surface area (Å²) in [6.45, 7) is 6.43. The zero-order valence-electron chi connectivity index (χ0n) is 20.9.